The molecule has 0 amide bonds. The number of rotatable bonds is 7. The van der Waals surface area contributed by atoms with Crippen molar-refractivity contribution in [3.63, 3.8) is 0 Å². The van der Waals surface area contributed by atoms with Crippen LogP contribution in [0.4, 0.5) is 0 Å². The maximum Gasteiger partial charge on any atom is 0.0229 e. The third-order valence-electron chi connectivity index (χ3n) is 4.13. The molecule has 0 bridgehead atoms. The molecule has 0 aliphatic carbocycles. The van der Waals surface area contributed by atoms with Gasteiger partial charge in [0.25, 0.3) is 0 Å². The first-order valence-corrected chi connectivity index (χ1v) is 7.03. The van der Waals surface area contributed by atoms with E-state index in [1.807, 2.05) is 0 Å². The van der Waals surface area contributed by atoms with E-state index >= 15 is 0 Å². The molecule has 0 aromatic rings. The minimum absolute atomic E-state index is 0.426. The van der Waals surface area contributed by atoms with Gasteiger partial charge in [0, 0.05) is 12.6 Å². The van der Waals surface area contributed by atoms with E-state index in [9.17, 15) is 0 Å². The molecule has 1 aliphatic heterocycles. The fourth-order valence-corrected chi connectivity index (χ4v) is 2.73. The van der Waals surface area contributed by atoms with E-state index in [2.05, 4.69) is 37.7 Å². The quantitative estimate of drug-likeness (QED) is 0.737. The maximum atomic E-state index is 5.64. The summed E-state index contributed by atoms with van der Waals surface area (Å²) in [7, 11) is 4.39. The summed E-state index contributed by atoms with van der Waals surface area (Å²) in [5.74, 6) is 0. The zero-order chi connectivity index (χ0) is 12.9. The van der Waals surface area contributed by atoms with Crippen LogP contribution in [0.3, 0.4) is 0 Å². The molecule has 0 saturated carbocycles. The number of hydrogen-bond acceptors (Lipinski definition) is 3. The molecule has 1 heterocycles. The molecule has 3 heteroatoms. The zero-order valence-corrected chi connectivity index (χ0v) is 12.2. The minimum atomic E-state index is 0.426. The Kier molecular flexibility index (Phi) is 5.90. The summed E-state index contributed by atoms with van der Waals surface area (Å²) < 4.78 is 0. The Labute approximate surface area is 107 Å². The second kappa shape index (κ2) is 6.72. The lowest BCUT2D eigenvalue weighted by Gasteiger charge is -2.25. The molecule has 1 atom stereocenters. The van der Waals surface area contributed by atoms with Crippen molar-refractivity contribution < 1.29 is 0 Å². The van der Waals surface area contributed by atoms with Crippen LogP contribution in [0.15, 0.2) is 0 Å². The van der Waals surface area contributed by atoms with Gasteiger partial charge in [-0.05, 0) is 64.8 Å². The van der Waals surface area contributed by atoms with E-state index < -0.39 is 0 Å². The van der Waals surface area contributed by atoms with Gasteiger partial charge in [-0.25, -0.2) is 0 Å². The molecule has 1 rings (SSSR count). The van der Waals surface area contributed by atoms with E-state index in [1.165, 1.54) is 38.9 Å². The molecule has 2 N–H and O–H groups in total. The lowest BCUT2D eigenvalue weighted by atomic mass is 9.84. The van der Waals surface area contributed by atoms with Gasteiger partial charge in [0.2, 0.25) is 0 Å². The molecule has 0 spiro atoms. The lowest BCUT2D eigenvalue weighted by molar-refractivity contribution is 0.243. The van der Waals surface area contributed by atoms with Gasteiger partial charge in [-0.2, -0.15) is 0 Å². The zero-order valence-electron chi connectivity index (χ0n) is 12.2. The van der Waals surface area contributed by atoms with Crippen molar-refractivity contribution in [2.24, 2.45) is 11.1 Å². The summed E-state index contributed by atoms with van der Waals surface area (Å²) in [6.45, 7) is 9.29. The average molecular weight is 241 g/mol. The molecule has 1 aliphatic rings. The molecule has 0 aromatic heterocycles. The molecule has 102 valence electrons. The van der Waals surface area contributed by atoms with Crippen LogP contribution in [0.5, 0.6) is 0 Å². The topological polar surface area (TPSA) is 32.5 Å². The molecular weight excluding hydrogens is 210 g/mol. The second-order valence-electron chi connectivity index (χ2n) is 6.51. The van der Waals surface area contributed by atoms with Crippen molar-refractivity contribution >= 4 is 0 Å². The second-order valence-corrected chi connectivity index (χ2v) is 6.51. The Morgan fingerprint density at radius 1 is 1.29 bits per heavy atom. The highest BCUT2D eigenvalue weighted by Crippen LogP contribution is 2.26. The van der Waals surface area contributed by atoms with Crippen molar-refractivity contribution in [3.8, 4) is 0 Å². The molecule has 1 unspecified atom stereocenters. The highest BCUT2D eigenvalue weighted by molar-refractivity contribution is 4.81. The van der Waals surface area contributed by atoms with Crippen LogP contribution in [-0.2, 0) is 0 Å². The SMILES string of the molecule is CN(C)C1CCN(CCCC(C)(C)CCN)C1. The molecule has 0 radical (unpaired) electrons. The summed E-state index contributed by atoms with van der Waals surface area (Å²) in [5, 5.41) is 0. The van der Waals surface area contributed by atoms with Gasteiger partial charge < -0.3 is 15.5 Å². The van der Waals surface area contributed by atoms with Crippen LogP contribution in [0, 0.1) is 5.41 Å². The van der Waals surface area contributed by atoms with Crippen LogP contribution >= 0.6 is 0 Å². The van der Waals surface area contributed by atoms with E-state index in [4.69, 9.17) is 5.73 Å². The molecule has 0 aromatic carbocycles. The maximum absolute atomic E-state index is 5.64. The van der Waals surface area contributed by atoms with Crippen LogP contribution in [-0.4, -0.2) is 56.1 Å². The Morgan fingerprint density at radius 2 is 2.00 bits per heavy atom. The van der Waals surface area contributed by atoms with Crippen molar-refractivity contribution in [2.75, 3.05) is 40.3 Å². The predicted octanol–water partition coefficient (Wildman–Crippen LogP) is 1.78. The third-order valence-corrected chi connectivity index (χ3v) is 4.13. The fraction of sp³-hybridized carbons (Fsp3) is 1.00. The summed E-state index contributed by atoms with van der Waals surface area (Å²) >= 11 is 0. The molecule has 17 heavy (non-hydrogen) atoms. The summed E-state index contributed by atoms with van der Waals surface area (Å²) in [6, 6.07) is 0.770. The normalized spacial score (nSPS) is 22.6. The van der Waals surface area contributed by atoms with Gasteiger partial charge in [-0.15, -0.1) is 0 Å². The summed E-state index contributed by atoms with van der Waals surface area (Å²) in [4.78, 5) is 4.97. The fourth-order valence-electron chi connectivity index (χ4n) is 2.73. The minimum Gasteiger partial charge on any atom is -0.330 e. The first kappa shape index (κ1) is 14.9. The summed E-state index contributed by atoms with van der Waals surface area (Å²) in [5.41, 5.74) is 6.07. The molecule has 1 saturated heterocycles. The summed E-state index contributed by atoms with van der Waals surface area (Å²) in [6.07, 6.45) is 5.09. The van der Waals surface area contributed by atoms with Gasteiger partial charge in [-0.3, -0.25) is 0 Å². The van der Waals surface area contributed by atoms with Gasteiger partial charge in [0.05, 0.1) is 0 Å². The first-order chi connectivity index (χ1) is 7.94. The van der Waals surface area contributed by atoms with Crippen LogP contribution in [0.25, 0.3) is 0 Å². The number of nitrogens with two attached hydrogens (primary N) is 1. The Hall–Kier alpha value is -0.120. The van der Waals surface area contributed by atoms with E-state index in [0.717, 1.165) is 19.0 Å². The molecule has 3 nitrogen and oxygen atoms in total. The number of likely N-dealkylation sites (N-methyl/N-ethyl adjacent to an activating group) is 1. The first-order valence-electron chi connectivity index (χ1n) is 7.03. The van der Waals surface area contributed by atoms with Crippen molar-refractivity contribution in [1.29, 1.82) is 0 Å². The Morgan fingerprint density at radius 3 is 2.53 bits per heavy atom. The van der Waals surface area contributed by atoms with Crippen LogP contribution < -0.4 is 5.73 Å². The smallest absolute Gasteiger partial charge is 0.0229 e. The molecular formula is C14H31N3. The standard InChI is InChI=1S/C14H31N3/c1-14(2,8-9-15)7-5-10-17-11-6-13(12-17)16(3)4/h13H,5-12,15H2,1-4H3. The van der Waals surface area contributed by atoms with Crippen LogP contribution in [0.2, 0.25) is 0 Å². The predicted molar refractivity (Wildman–Crippen MR) is 75.2 cm³/mol. The van der Waals surface area contributed by atoms with E-state index in [1.54, 1.807) is 0 Å². The van der Waals surface area contributed by atoms with Crippen molar-refractivity contribution in [1.82, 2.24) is 9.80 Å². The Bertz CT molecular complexity index is 214. The van der Waals surface area contributed by atoms with Crippen LogP contribution in [0.1, 0.15) is 39.5 Å². The highest BCUT2D eigenvalue weighted by atomic mass is 15.2. The number of likely N-dealkylation sites (tertiary alicyclic amines) is 1. The van der Waals surface area contributed by atoms with Gasteiger partial charge in [0.15, 0.2) is 0 Å². The highest BCUT2D eigenvalue weighted by Gasteiger charge is 2.24. The molecule has 1 fully saturated rings. The number of hydrogen-bond donors (Lipinski definition) is 1. The van der Waals surface area contributed by atoms with Gasteiger partial charge in [-0.1, -0.05) is 13.8 Å². The lowest BCUT2D eigenvalue weighted by Crippen LogP contribution is -2.32. The van der Waals surface area contributed by atoms with Crippen molar-refractivity contribution in [2.45, 2.75) is 45.6 Å². The van der Waals surface area contributed by atoms with Gasteiger partial charge in [0.1, 0.15) is 0 Å². The Balaban J connectivity index is 2.16. The van der Waals surface area contributed by atoms with E-state index in [-0.39, 0.29) is 0 Å². The monoisotopic (exact) mass is 241 g/mol. The van der Waals surface area contributed by atoms with E-state index in [0.29, 0.717) is 5.41 Å². The average Bonchev–Trinajstić information content (AvgIpc) is 2.66. The largest absolute Gasteiger partial charge is 0.330 e. The van der Waals surface area contributed by atoms with Crippen molar-refractivity contribution in [3.05, 3.63) is 0 Å². The number of nitrogens with zero attached hydrogens (tertiary/aromatic N) is 2. The van der Waals surface area contributed by atoms with Gasteiger partial charge >= 0.3 is 0 Å². The third kappa shape index (κ3) is 5.36.